The molecule has 2 aromatic heterocycles. The van der Waals surface area contributed by atoms with E-state index in [9.17, 15) is 4.79 Å². The molecule has 1 aliphatic heterocycles. The fourth-order valence-corrected chi connectivity index (χ4v) is 2.52. The number of hydrogen-bond acceptors (Lipinski definition) is 5. The third-order valence-corrected chi connectivity index (χ3v) is 3.52. The van der Waals surface area contributed by atoms with Crippen LogP contribution in [0.15, 0.2) is 36.9 Å². The number of likely N-dealkylation sites (tertiary alicyclic amines) is 1. The van der Waals surface area contributed by atoms with E-state index in [0.717, 1.165) is 25.1 Å². The smallest absolute Gasteiger partial charge is 0.274 e. The first-order valence-corrected chi connectivity index (χ1v) is 6.67. The molecule has 6 nitrogen and oxygen atoms in total. The minimum atomic E-state index is -0.0585. The number of amides is 1. The van der Waals surface area contributed by atoms with Gasteiger partial charge in [0, 0.05) is 37.1 Å². The molecule has 0 N–H and O–H groups in total. The number of carbonyl (C=O) groups is 1. The maximum Gasteiger partial charge on any atom is 0.274 e. The molecule has 1 fully saturated rings. The molecule has 0 saturated carbocycles. The van der Waals surface area contributed by atoms with E-state index in [1.165, 1.54) is 0 Å². The lowest BCUT2D eigenvalue weighted by atomic mass is 9.94. The number of hydrogen-bond donors (Lipinski definition) is 0. The quantitative estimate of drug-likeness (QED) is 0.821. The van der Waals surface area contributed by atoms with Crippen molar-refractivity contribution in [3.63, 3.8) is 0 Å². The van der Waals surface area contributed by atoms with Gasteiger partial charge in [-0.15, -0.1) is 5.10 Å². The predicted molar refractivity (Wildman–Crippen MR) is 71.9 cm³/mol. The molecule has 1 amide bonds. The highest BCUT2D eigenvalue weighted by atomic mass is 16.2. The van der Waals surface area contributed by atoms with Gasteiger partial charge in [0.15, 0.2) is 5.69 Å². The first kappa shape index (κ1) is 12.7. The SMILES string of the molecule is O=C(c1cccnn1)N1CCCC(c2ccncn2)C1. The first-order valence-electron chi connectivity index (χ1n) is 6.67. The average Bonchev–Trinajstić information content (AvgIpc) is 2.56. The van der Waals surface area contributed by atoms with Crippen molar-refractivity contribution in [3.8, 4) is 0 Å². The second-order valence-corrected chi connectivity index (χ2v) is 4.83. The second kappa shape index (κ2) is 5.73. The summed E-state index contributed by atoms with van der Waals surface area (Å²) in [5.41, 5.74) is 1.40. The summed E-state index contributed by atoms with van der Waals surface area (Å²) >= 11 is 0. The van der Waals surface area contributed by atoms with Gasteiger partial charge in [-0.2, -0.15) is 5.10 Å². The van der Waals surface area contributed by atoms with Gasteiger partial charge in [-0.05, 0) is 31.0 Å². The molecule has 0 bridgehead atoms. The zero-order valence-corrected chi connectivity index (χ0v) is 11.0. The van der Waals surface area contributed by atoms with Crippen LogP contribution >= 0.6 is 0 Å². The highest BCUT2D eigenvalue weighted by Gasteiger charge is 2.26. The van der Waals surface area contributed by atoms with E-state index >= 15 is 0 Å². The van der Waals surface area contributed by atoms with Gasteiger partial charge in [-0.3, -0.25) is 4.79 Å². The lowest BCUT2D eigenvalue weighted by Gasteiger charge is -2.32. The maximum atomic E-state index is 12.4. The molecule has 1 atom stereocenters. The minimum absolute atomic E-state index is 0.0585. The van der Waals surface area contributed by atoms with E-state index < -0.39 is 0 Å². The number of piperidine rings is 1. The molecule has 0 aromatic carbocycles. The fourth-order valence-electron chi connectivity index (χ4n) is 2.52. The van der Waals surface area contributed by atoms with Crippen molar-refractivity contribution in [2.45, 2.75) is 18.8 Å². The van der Waals surface area contributed by atoms with Crippen molar-refractivity contribution in [2.75, 3.05) is 13.1 Å². The molecular formula is C14H15N5O. The summed E-state index contributed by atoms with van der Waals surface area (Å²) in [5.74, 6) is 0.212. The van der Waals surface area contributed by atoms with Gasteiger partial charge in [-0.25, -0.2) is 9.97 Å². The van der Waals surface area contributed by atoms with Gasteiger partial charge >= 0.3 is 0 Å². The van der Waals surface area contributed by atoms with Crippen LogP contribution in [-0.4, -0.2) is 44.1 Å². The molecule has 0 aliphatic carbocycles. The summed E-state index contributed by atoms with van der Waals surface area (Å²) in [6.07, 6.45) is 6.88. The first-order chi connectivity index (χ1) is 9.84. The largest absolute Gasteiger partial charge is 0.337 e. The van der Waals surface area contributed by atoms with E-state index in [-0.39, 0.29) is 11.8 Å². The van der Waals surface area contributed by atoms with Crippen molar-refractivity contribution in [2.24, 2.45) is 0 Å². The van der Waals surface area contributed by atoms with Crippen molar-refractivity contribution in [3.05, 3.63) is 48.3 Å². The van der Waals surface area contributed by atoms with Crippen LogP contribution in [0.25, 0.3) is 0 Å². The van der Waals surface area contributed by atoms with Crippen LogP contribution in [0.5, 0.6) is 0 Å². The lowest BCUT2D eigenvalue weighted by Crippen LogP contribution is -2.39. The van der Waals surface area contributed by atoms with E-state index in [2.05, 4.69) is 20.2 Å². The van der Waals surface area contributed by atoms with Crippen LogP contribution in [0.2, 0.25) is 0 Å². The number of aromatic nitrogens is 4. The standard InChI is InChI=1S/C14H15N5O/c20-14(13-4-1-6-17-18-13)19-8-2-3-11(9-19)12-5-7-15-10-16-12/h1,4-7,10-11H,2-3,8-9H2. The third-order valence-electron chi connectivity index (χ3n) is 3.52. The van der Waals surface area contributed by atoms with Crippen molar-refractivity contribution >= 4 is 5.91 Å². The van der Waals surface area contributed by atoms with Gasteiger partial charge in [0.1, 0.15) is 6.33 Å². The number of rotatable bonds is 2. The van der Waals surface area contributed by atoms with E-state index in [4.69, 9.17) is 0 Å². The Hall–Kier alpha value is -2.37. The topological polar surface area (TPSA) is 71.9 Å². The van der Waals surface area contributed by atoms with E-state index in [1.54, 1.807) is 30.9 Å². The predicted octanol–water partition coefficient (Wildman–Crippen LogP) is 1.29. The Bertz CT molecular complexity index is 575. The van der Waals surface area contributed by atoms with Crippen LogP contribution in [0, 0.1) is 0 Å². The molecule has 1 unspecified atom stereocenters. The highest BCUT2D eigenvalue weighted by molar-refractivity contribution is 5.92. The van der Waals surface area contributed by atoms with Crippen LogP contribution in [-0.2, 0) is 0 Å². The van der Waals surface area contributed by atoms with Gasteiger partial charge in [0.05, 0.1) is 0 Å². The Labute approximate surface area is 116 Å². The summed E-state index contributed by atoms with van der Waals surface area (Å²) in [4.78, 5) is 22.4. The number of nitrogens with zero attached hydrogens (tertiary/aromatic N) is 5. The molecular weight excluding hydrogens is 254 g/mol. The molecule has 20 heavy (non-hydrogen) atoms. The monoisotopic (exact) mass is 269 g/mol. The van der Waals surface area contributed by atoms with Crippen molar-refractivity contribution in [1.82, 2.24) is 25.1 Å². The Balaban J connectivity index is 1.74. The van der Waals surface area contributed by atoms with Crippen LogP contribution < -0.4 is 0 Å². The van der Waals surface area contributed by atoms with Crippen molar-refractivity contribution in [1.29, 1.82) is 0 Å². The molecule has 1 aliphatic rings. The second-order valence-electron chi connectivity index (χ2n) is 4.83. The molecule has 0 radical (unpaired) electrons. The van der Waals surface area contributed by atoms with Crippen LogP contribution in [0.3, 0.4) is 0 Å². The van der Waals surface area contributed by atoms with E-state index in [0.29, 0.717) is 12.2 Å². The summed E-state index contributed by atoms with van der Waals surface area (Å²) in [6.45, 7) is 1.43. The molecule has 0 spiro atoms. The van der Waals surface area contributed by atoms with Crippen molar-refractivity contribution < 1.29 is 4.79 Å². The molecule has 102 valence electrons. The van der Waals surface area contributed by atoms with Gasteiger partial charge in [0.2, 0.25) is 0 Å². The Morgan fingerprint density at radius 2 is 2.25 bits per heavy atom. The molecule has 6 heteroatoms. The Kier molecular flexibility index (Phi) is 3.62. The Morgan fingerprint density at radius 3 is 3.00 bits per heavy atom. The third kappa shape index (κ3) is 2.64. The van der Waals surface area contributed by atoms with Crippen LogP contribution in [0.1, 0.15) is 34.9 Å². The number of carbonyl (C=O) groups excluding carboxylic acids is 1. The minimum Gasteiger partial charge on any atom is -0.337 e. The van der Waals surface area contributed by atoms with Gasteiger partial charge in [0.25, 0.3) is 5.91 Å². The summed E-state index contributed by atoms with van der Waals surface area (Å²) in [7, 11) is 0. The molecule has 3 rings (SSSR count). The average molecular weight is 269 g/mol. The summed E-state index contributed by atoms with van der Waals surface area (Å²) < 4.78 is 0. The fraction of sp³-hybridized carbons (Fsp3) is 0.357. The molecule has 1 saturated heterocycles. The zero-order chi connectivity index (χ0) is 13.8. The normalized spacial score (nSPS) is 18.8. The van der Waals surface area contributed by atoms with E-state index in [1.807, 2.05) is 11.0 Å². The maximum absolute atomic E-state index is 12.4. The molecule has 3 heterocycles. The Morgan fingerprint density at radius 1 is 1.30 bits per heavy atom. The summed E-state index contributed by atoms with van der Waals surface area (Å²) in [5, 5.41) is 7.64. The van der Waals surface area contributed by atoms with Gasteiger partial charge < -0.3 is 4.90 Å². The lowest BCUT2D eigenvalue weighted by molar-refractivity contribution is 0.0698. The van der Waals surface area contributed by atoms with Crippen LogP contribution in [0.4, 0.5) is 0 Å². The van der Waals surface area contributed by atoms with Gasteiger partial charge in [-0.1, -0.05) is 0 Å². The highest BCUT2D eigenvalue weighted by Crippen LogP contribution is 2.25. The zero-order valence-electron chi connectivity index (χ0n) is 11.0. The molecule has 2 aromatic rings. The summed E-state index contributed by atoms with van der Waals surface area (Å²) in [6, 6.07) is 5.34.